The second-order valence-corrected chi connectivity index (χ2v) is 7.58. The van der Waals surface area contributed by atoms with Crippen molar-refractivity contribution in [3.63, 3.8) is 0 Å². The molecule has 0 amide bonds. The highest BCUT2D eigenvalue weighted by Crippen LogP contribution is 2.23. The third-order valence-corrected chi connectivity index (χ3v) is 5.59. The van der Waals surface area contributed by atoms with E-state index < -0.39 is 9.84 Å². The zero-order valence-electron chi connectivity index (χ0n) is 13.9. The van der Waals surface area contributed by atoms with Crippen molar-refractivity contribution >= 4 is 9.84 Å². The van der Waals surface area contributed by atoms with Gasteiger partial charge < -0.3 is 0 Å². The van der Waals surface area contributed by atoms with Crippen molar-refractivity contribution in [2.75, 3.05) is 0 Å². The van der Waals surface area contributed by atoms with Crippen LogP contribution in [0.25, 0.3) is 17.1 Å². The quantitative estimate of drug-likeness (QED) is 0.543. The van der Waals surface area contributed by atoms with Gasteiger partial charge in [0.2, 0.25) is 9.84 Å². The summed E-state index contributed by atoms with van der Waals surface area (Å²) in [4.78, 5) is 0.150. The van der Waals surface area contributed by atoms with E-state index in [-0.39, 0.29) is 15.7 Å². The number of hydrogen-bond donors (Lipinski definition) is 0. The summed E-state index contributed by atoms with van der Waals surface area (Å²) in [5, 5.41) is 12.0. The van der Waals surface area contributed by atoms with Crippen LogP contribution in [0.4, 0.5) is 4.39 Å². The van der Waals surface area contributed by atoms with Crippen LogP contribution in [0.3, 0.4) is 0 Å². The maximum atomic E-state index is 13.5. The van der Waals surface area contributed by atoms with Crippen molar-refractivity contribution in [2.24, 2.45) is 0 Å². The number of halogens is 1. The molecule has 0 aliphatic heterocycles. The first-order valence-corrected chi connectivity index (χ1v) is 9.48. The number of nitrogens with zero attached hydrogens (tertiary/aromatic N) is 4. The monoisotopic (exact) mass is 380 g/mol. The molecule has 0 fully saturated rings. The Balaban J connectivity index is 1.72. The molecule has 27 heavy (non-hydrogen) atoms. The largest absolute Gasteiger partial charge is 0.231 e. The van der Waals surface area contributed by atoms with E-state index in [1.165, 1.54) is 35.0 Å². The summed E-state index contributed by atoms with van der Waals surface area (Å²) in [6.45, 7) is 0. The van der Waals surface area contributed by atoms with Crippen LogP contribution in [0, 0.1) is 5.82 Å². The summed E-state index contributed by atoms with van der Waals surface area (Å²) in [6, 6.07) is 18.7. The molecule has 4 rings (SSSR count). The van der Waals surface area contributed by atoms with Crippen LogP contribution in [0.5, 0.6) is 0 Å². The fourth-order valence-electron chi connectivity index (χ4n) is 2.63. The highest BCUT2D eigenvalue weighted by molar-refractivity contribution is 7.91. The summed E-state index contributed by atoms with van der Waals surface area (Å²) >= 11 is 0. The smallest absolute Gasteiger partial charge is 0.225 e. The normalized spacial score (nSPS) is 11.4. The van der Waals surface area contributed by atoms with Gasteiger partial charge in [0.25, 0.3) is 0 Å². The highest BCUT2D eigenvalue weighted by atomic mass is 32.2. The summed E-state index contributed by atoms with van der Waals surface area (Å²) in [5.74, 6) is -0.385. The van der Waals surface area contributed by atoms with Crippen LogP contribution < -0.4 is 0 Å². The molecule has 134 valence electrons. The first-order chi connectivity index (χ1) is 13.1. The molecule has 0 atom stereocenters. The molecule has 0 N–H and O–H groups in total. The number of sulfone groups is 1. The van der Waals surface area contributed by atoms with Crippen LogP contribution in [-0.2, 0) is 9.84 Å². The summed E-state index contributed by atoms with van der Waals surface area (Å²) in [6.07, 6.45) is 1.55. The van der Waals surface area contributed by atoms with Crippen molar-refractivity contribution in [2.45, 2.75) is 9.92 Å². The summed E-state index contributed by atoms with van der Waals surface area (Å²) in [7, 11) is -3.74. The van der Waals surface area contributed by atoms with Gasteiger partial charge in [-0.2, -0.15) is 5.10 Å². The SMILES string of the molecule is O=S(=O)(c1ccccc1)c1ccc(-c2ccnn2-c2cccc(F)c2)nn1. The Labute approximate surface area is 154 Å². The molecule has 0 radical (unpaired) electrons. The second-order valence-electron chi connectivity index (χ2n) is 5.68. The maximum Gasteiger partial charge on any atom is 0.225 e. The molecule has 0 bridgehead atoms. The lowest BCUT2D eigenvalue weighted by atomic mass is 10.2. The van der Waals surface area contributed by atoms with Crippen LogP contribution in [0.1, 0.15) is 0 Å². The van der Waals surface area contributed by atoms with Crippen molar-refractivity contribution < 1.29 is 12.8 Å². The highest BCUT2D eigenvalue weighted by Gasteiger charge is 2.20. The van der Waals surface area contributed by atoms with E-state index in [1.54, 1.807) is 48.7 Å². The molecule has 0 unspecified atom stereocenters. The van der Waals surface area contributed by atoms with Crippen molar-refractivity contribution in [3.8, 4) is 17.1 Å². The number of rotatable bonds is 4. The van der Waals surface area contributed by atoms with Crippen LogP contribution in [0.15, 0.2) is 88.9 Å². The molecular weight excluding hydrogens is 367 g/mol. The Hall–Kier alpha value is -3.39. The van der Waals surface area contributed by atoms with Crippen molar-refractivity contribution in [3.05, 3.63) is 84.8 Å². The van der Waals surface area contributed by atoms with Crippen LogP contribution >= 0.6 is 0 Å². The number of hydrogen-bond acceptors (Lipinski definition) is 5. The Morgan fingerprint density at radius 1 is 0.852 bits per heavy atom. The zero-order valence-corrected chi connectivity index (χ0v) is 14.7. The lowest BCUT2D eigenvalue weighted by Gasteiger charge is -2.08. The van der Waals surface area contributed by atoms with E-state index in [4.69, 9.17) is 0 Å². The van der Waals surface area contributed by atoms with E-state index >= 15 is 0 Å². The molecule has 0 saturated carbocycles. The molecule has 4 aromatic rings. The topological polar surface area (TPSA) is 77.7 Å². The molecule has 2 aromatic carbocycles. The van der Waals surface area contributed by atoms with Gasteiger partial charge in [0, 0.05) is 0 Å². The fraction of sp³-hybridized carbons (Fsp3) is 0. The van der Waals surface area contributed by atoms with Gasteiger partial charge in [0.15, 0.2) is 5.03 Å². The summed E-state index contributed by atoms with van der Waals surface area (Å²) < 4.78 is 40.2. The van der Waals surface area contributed by atoms with Gasteiger partial charge in [0.1, 0.15) is 11.5 Å². The first kappa shape index (κ1) is 17.0. The maximum absolute atomic E-state index is 13.5. The van der Waals surface area contributed by atoms with Gasteiger partial charge in [-0.15, -0.1) is 10.2 Å². The van der Waals surface area contributed by atoms with E-state index in [9.17, 15) is 12.8 Å². The van der Waals surface area contributed by atoms with Gasteiger partial charge in [-0.05, 0) is 48.5 Å². The molecule has 0 aliphatic carbocycles. The Morgan fingerprint density at radius 2 is 1.67 bits per heavy atom. The third kappa shape index (κ3) is 3.22. The zero-order chi connectivity index (χ0) is 18.9. The molecular formula is C19H13FN4O2S. The average Bonchev–Trinajstić information content (AvgIpc) is 3.19. The number of benzene rings is 2. The van der Waals surface area contributed by atoms with E-state index in [1.807, 2.05) is 0 Å². The van der Waals surface area contributed by atoms with Gasteiger partial charge in [-0.3, -0.25) is 0 Å². The molecule has 8 heteroatoms. The third-order valence-electron chi connectivity index (χ3n) is 3.93. The predicted octanol–water partition coefficient (Wildman–Crippen LogP) is 3.30. The molecule has 0 aliphatic rings. The molecule has 0 saturated heterocycles. The minimum Gasteiger partial charge on any atom is -0.231 e. The van der Waals surface area contributed by atoms with E-state index in [0.29, 0.717) is 17.1 Å². The first-order valence-electron chi connectivity index (χ1n) is 8.00. The molecule has 2 heterocycles. The van der Waals surface area contributed by atoms with Crippen molar-refractivity contribution in [1.82, 2.24) is 20.0 Å². The van der Waals surface area contributed by atoms with Crippen LogP contribution in [-0.4, -0.2) is 28.4 Å². The van der Waals surface area contributed by atoms with Crippen molar-refractivity contribution in [1.29, 1.82) is 0 Å². The predicted molar refractivity (Wildman–Crippen MR) is 96.4 cm³/mol. The molecule has 6 nitrogen and oxygen atoms in total. The van der Waals surface area contributed by atoms with E-state index in [2.05, 4.69) is 15.3 Å². The minimum atomic E-state index is -3.74. The standard InChI is InChI=1S/C19H13FN4O2S/c20-14-5-4-6-15(13-14)24-18(11-12-21-24)17-9-10-19(23-22-17)27(25,26)16-7-2-1-3-8-16/h1-13H. The number of aromatic nitrogens is 4. The van der Waals surface area contributed by atoms with Crippen LogP contribution in [0.2, 0.25) is 0 Å². The average molecular weight is 380 g/mol. The van der Waals surface area contributed by atoms with Gasteiger partial charge in [-0.1, -0.05) is 24.3 Å². The Bertz CT molecular complexity index is 1190. The molecule has 0 spiro atoms. The molecule has 2 aromatic heterocycles. The lowest BCUT2D eigenvalue weighted by molar-refractivity contribution is 0.590. The lowest BCUT2D eigenvalue weighted by Crippen LogP contribution is -2.07. The minimum absolute atomic E-state index is 0.144. The Kier molecular flexibility index (Phi) is 4.25. The Morgan fingerprint density at radius 3 is 2.37 bits per heavy atom. The van der Waals surface area contributed by atoms with E-state index in [0.717, 1.165) is 0 Å². The van der Waals surface area contributed by atoms with Gasteiger partial charge >= 0.3 is 0 Å². The fourth-order valence-corrected chi connectivity index (χ4v) is 3.78. The second kappa shape index (κ2) is 6.73. The summed E-state index contributed by atoms with van der Waals surface area (Å²) in [5.41, 5.74) is 1.51. The van der Waals surface area contributed by atoms with Gasteiger partial charge in [-0.25, -0.2) is 17.5 Å². The van der Waals surface area contributed by atoms with Gasteiger partial charge in [0.05, 0.1) is 22.5 Å².